The molecule has 0 fully saturated rings. The molecule has 0 heterocycles. The van der Waals surface area contributed by atoms with Gasteiger partial charge in [0.15, 0.2) is 6.10 Å². The summed E-state index contributed by atoms with van der Waals surface area (Å²) >= 11 is 0. The second-order valence-electron chi connectivity index (χ2n) is 22.7. The van der Waals surface area contributed by atoms with Gasteiger partial charge in [-0.05, 0) is 89.9 Å². The quantitative estimate of drug-likeness (QED) is 0.0261. The van der Waals surface area contributed by atoms with Crippen molar-refractivity contribution in [3.05, 3.63) is 85.1 Å². The summed E-state index contributed by atoms with van der Waals surface area (Å²) in [4.78, 5) is 38.4. The van der Waals surface area contributed by atoms with Crippen LogP contribution in [0.3, 0.4) is 0 Å². The third kappa shape index (κ3) is 65.3. The summed E-state index contributed by atoms with van der Waals surface area (Å²) in [5, 5.41) is 0. The summed E-state index contributed by atoms with van der Waals surface area (Å²) in [6.07, 6.45) is 88.8. The molecule has 0 spiro atoms. The van der Waals surface area contributed by atoms with Crippen molar-refractivity contribution in [1.29, 1.82) is 0 Å². The fraction of sp³-hybridized carbons (Fsp3) is 0.767. The number of esters is 3. The second kappa shape index (κ2) is 67.1. The summed E-state index contributed by atoms with van der Waals surface area (Å²) in [5.74, 6) is -0.878. The van der Waals surface area contributed by atoms with Crippen LogP contribution in [0.5, 0.6) is 0 Å². The van der Waals surface area contributed by atoms with Crippen LogP contribution in [0, 0.1) is 0 Å². The Bertz CT molecular complexity index is 1500. The highest BCUT2D eigenvalue weighted by Crippen LogP contribution is 2.17. The Morgan fingerprint density at radius 2 is 0.506 bits per heavy atom. The molecule has 79 heavy (non-hydrogen) atoms. The molecule has 0 aromatic carbocycles. The molecule has 0 aromatic rings. The van der Waals surface area contributed by atoms with Crippen molar-refractivity contribution in [3.8, 4) is 0 Å². The van der Waals surface area contributed by atoms with Gasteiger partial charge in [0.25, 0.3) is 0 Å². The van der Waals surface area contributed by atoms with E-state index in [2.05, 4.69) is 106 Å². The second-order valence-corrected chi connectivity index (χ2v) is 22.7. The van der Waals surface area contributed by atoms with Crippen molar-refractivity contribution in [3.63, 3.8) is 0 Å². The fourth-order valence-corrected chi connectivity index (χ4v) is 9.78. The van der Waals surface area contributed by atoms with Gasteiger partial charge in [-0.1, -0.05) is 318 Å². The zero-order chi connectivity index (χ0) is 57.1. The van der Waals surface area contributed by atoms with Crippen LogP contribution in [-0.2, 0) is 28.6 Å². The Balaban J connectivity index is 4.30. The Labute approximate surface area is 490 Å². The first kappa shape index (κ1) is 75.6. The third-order valence-corrected chi connectivity index (χ3v) is 14.9. The lowest BCUT2D eigenvalue weighted by Gasteiger charge is -2.18. The predicted molar refractivity (Wildman–Crippen MR) is 344 cm³/mol. The van der Waals surface area contributed by atoms with Crippen LogP contribution in [0.2, 0.25) is 0 Å². The number of unbranched alkanes of at least 4 members (excludes halogenated alkanes) is 37. The monoisotopic (exact) mass is 1100 g/mol. The number of rotatable bonds is 62. The lowest BCUT2D eigenvalue weighted by atomic mass is 10.0. The number of ether oxygens (including phenoxy) is 3. The number of carbonyl (C=O) groups is 3. The fourth-order valence-electron chi connectivity index (χ4n) is 9.78. The van der Waals surface area contributed by atoms with Crippen molar-refractivity contribution < 1.29 is 28.6 Å². The number of allylic oxidation sites excluding steroid dienone is 14. The molecule has 0 aromatic heterocycles. The molecule has 0 bridgehead atoms. The summed E-state index contributed by atoms with van der Waals surface area (Å²) in [6, 6.07) is 0. The number of carbonyl (C=O) groups excluding carboxylic acids is 3. The van der Waals surface area contributed by atoms with Gasteiger partial charge in [-0.3, -0.25) is 14.4 Å². The van der Waals surface area contributed by atoms with E-state index in [0.717, 1.165) is 109 Å². The van der Waals surface area contributed by atoms with Gasteiger partial charge in [0.1, 0.15) is 13.2 Å². The van der Waals surface area contributed by atoms with E-state index >= 15 is 0 Å². The van der Waals surface area contributed by atoms with E-state index in [4.69, 9.17) is 14.2 Å². The molecule has 0 aliphatic heterocycles. The molecule has 6 heteroatoms. The normalized spacial score (nSPS) is 12.6. The summed E-state index contributed by atoms with van der Waals surface area (Å²) in [5.41, 5.74) is 0. The predicted octanol–water partition coefficient (Wildman–Crippen LogP) is 23.4. The topological polar surface area (TPSA) is 78.9 Å². The van der Waals surface area contributed by atoms with Crippen LogP contribution >= 0.6 is 0 Å². The molecule has 0 saturated heterocycles. The minimum absolute atomic E-state index is 0.0793. The van der Waals surface area contributed by atoms with Gasteiger partial charge in [0.05, 0.1) is 0 Å². The first-order chi connectivity index (χ1) is 39.0. The van der Waals surface area contributed by atoms with Gasteiger partial charge in [0, 0.05) is 19.3 Å². The van der Waals surface area contributed by atoms with Crippen molar-refractivity contribution in [2.24, 2.45) is 0 Å². The molecular weight excluding hydrogens is 973 g/mol. The number of hydrogen-bond donors (Lipinski definition) is 0. The summed E-state index contributed by atoms with van der Waals surface area (Å²) < 4.78 is 17.0. The molecule has 1 unspecified atom stereocenters. The Morgan fingerprint density at radius 3 is 0.810 bits per heavy atom. The Morgan fingerprint density at radius 1 is 0.266 bits per heavy atom. The van der Waals surface area contributed by atoms with E-state index in [1.807, 2.05) is 0 Å². The lowest BCUT2D eigenvalue weighted by molar-refractivity contribution is -0.167. The zero-order valence-electron chi connectivity index (χ0n) is 52.4. The zero-order valence-corrected chi connectivity index (χ0v) is 52.4. The smallest absolute Gasteiger partial charge is 0.306 e. The first-order valence-electron chi connectivity index (χ1n) is 34.1. The average molecular weight is 1100 g/mol. The molecule has 0 radical (unpaired) electrons. The van der Waals surface area contributed by atoms with Gasteiger partial charge in [-0.15, -0.1) is 0 Å². The van der Waals surface area contributed by atoms with E-state index in [1.54, 1.807) is 0 Å². The molecule has 456 valence electrons. The highest BCUT2D eigenvalue weighted by molar-refractivity contribution is 5.71. The maximum atomic E-state index is 12.9. The molecule has 0 rings (SSSR count). The minimum Gasteiger partial charge on any atom is -0.462 e. The van der Waals surface area contributed by atoms with Gasteiger partial charge >= 0.3 is 17.9 Å². The first-order valence-corrected chi connectivity index (χ1v) is 34.1. The van der Waals surface area contributed by atoms with Crippen LogP contribution in [0.1, 0.15) is 342 Å². The Kier molecular flexibility index (Phi) is 64.2. The highest BCUT2D eigenvalue weighted by Gasteiger charge is 2.19. The minimum atomic E-state index is -0.783. The Hall–Kier alpha value is -3.41. The largest absolute Gasteiger partial charge is 0.462 e. The molecule has 0 N–H and O–H groups in total. The van der Waals surface area contributed by atoms with Crippen LogP contribution in [0.25, 0.3) is 0 Å². The van der Waals surface area contributed by atoms with Crippen LogP contribution in [-0.4, -0.2) is 37.2 Å². The van der Waals surface area contributed by atoms with Crippen molar-refractivity contribution in [2.75, 3.05) is 13.2 Å². The lowest BCUT2D eigenvalue weighted by Crippen LogP contribution is -2.30. The standard InChI is InChI=1S/C73H128O6/c1-4-7-10-13-16-19-22-25-28-30-32-34-35-36-37-38-39-40-42-43-45-48-51-54-57-60-63-66-72(75)78-69-70(68-77-71(74)65-62-59-56-53-50-47-27-24-21-18-15-12-9-6-3)79-73(76)67-64-61-58-55-52-49-46-44-41-33-31-29-26-23-20-17-14-11-8-5-2/h7,10,15-16,18-19,24-25,27-28,32,34,36-37,70H,4-6,8-9,11-14,17,20-23,26,29-31,33,35,38-69H2,1-3H3/b10-7-,18-15-,19-16-,27-24-,28-25-,34-32-,37-36-. The third-order valence-electron chi connectivity index (χ3n) is 14.9. The van der Waals surface area contributed by atoms with Crippen molar-refractivity contribution >= 4 is 17.9 Å². The van der Waals surface area contributed by atoms with E-state index in [1.165, 1.54) is 193 Å². The van der Waals surface area contributed by atoms with E-state index < -0.39 is 6.10 Å². The van der Waals surface area contributed by atoms with Crippen molar-refractivity contribution in [1.82, 2.24) is 0 Å². The molecule has 0 amide bonds. The maximum absolute atomic E-state index is 12.9. The van der Waals surface area contributed by atoms with Crippen molar-refractivity contribution in [2.45, 2.75) is 348 Å². The maximum Gasteiger partial charge on any atom is 0.306 e. The van der Waals surface area contributed by atoms with Gasteiger partial charge < -0.3 is 14.2 Å². The molecule has 0 saturated carbocycles. The highest BCUT2D eigenvalue weighted by atomic mass is 16.6. The molecule has 0 aliphatic rings. The van der Waals surface area contributed by atoms with E-state index in [0.29, 0.717) is 19.3 Å². The molecule has 0 aliphatic carbocycles. The summed E-state index contributed by atoms with van der Waals surface area (Å²) in [6.45, 7) is 6.52. The van der Waals surface area contributed by atoms with Gasteiger partial charge in [-0.2, -0.15) is 0 Å². The average Bonchev–Trinajstić information content (AvgIpc) is 3.45. The molecule has 1 atom stereocenters. The van der Waals surface area contributed by atoms with Gasteiger partial charge in [-0.25, -0.2) is 0 Å². The van der Waals surface area contributed by atoms with E-state index in [9.17, 15) is 14.4 Å². The number of hydrogen-bond acceptors (Lipinski definition) is 6. The summed E-state index contributed by atoms with van der Waals surface area (Å²) in [7, 11) is 0. The van der Waals surface area contributed by atoms with Crippen LogP contribution < -0.4 is 0 Å². The molecular formula is C73H128O6. The van der Waals surface area contributed by atoms with E-state index in [-0.39, 0.29) is 31.1 Å². The van der Waals surface area contributed by atoms with Gasteiger partial charge in [0.2, 0.25) is 0 Å². The van der Waals surface area contributed by atoms with Crippen LogP contribution in [0.4, 0.5) is 0 Å². The molecule has 6 nitrogen and oxygen atoms in total. The van der Waals surface area contributed by atoms with Crippen LogP contribution in [0.15, 0.2) is 85.1 Å². The SMILES string of the molecule is CC/C=C\C/C=C\C/C=C\C/C=C\C/C=C\CCCCCCCCCCCCCC(=O)OCC(COC(=O)CCCCCCC/C=C\C/C=C\CCCC)OC(=O)CCCCCCCCCCCCCCCCCCCCCC.